The molecule has 0 radical (unpaired) electrons. The molecule has 2 heteroatoms. The summed E-state index contributed by atoms with van der Waals surface area (Å²) in [6.07, 6.45) is 7.41. The van der Waals surface area contributed by atoms with Crippen molar-refractivity contribution in [1.29, 1.82) is 0 Å². The van der Waals surface area contributed by atoms with E-state index in [-0.39, 0.29) is 0 Å². The summed E-state index contributed by atoms with van der Waals surface area (Å²) >= 11 is 0. The number of nitrogens with one attached hydrogen (secondary N) is 1. The summed E-state index contributed by atoms with van der Waals surface area (Å²) < 4.78 is 0. The van der Waals surface area contributed by atoms with E-state index in [0.29, 0.717) is 6.04 Å². The molecule has 3 rings (SSSR count). The van der Waals surface area contributed by atoms with Gasteiger partial charge < -0.3 is 5.32 Å². The molecule has 1 saturated heterocycles. The fourth-order valence-corrected chi connectivity index (χ4v) is 4.39. The van der Waals surface area contributed by atoms with E-state index in [1.807, 2.05) is 0 Å². The largest absolute Gasteiger partial charge is 0.311 e. The predicted octanol–water partition coefficient (Wildman–Crippen LogP) is 2.25. The van der Waals surface area contributed by atoms with Gasteiger partial charge in [-0.2, -0.15) is 0 Å². The van der Waals surface area contributed by atoms with Gasteiger partial charge in [-0.05, 0) is 44.4 Å². The molecule has 5 unspecified atom stereocenters. The number of fused-ring (bicyclic) bond motifs is 2. The standard InChI is InChI=1S/C14H26N2/c1-3-13-8-15-10(2)9-16(13)14-7-11-4-5-12(14)6-11/h10-15H,3-9H2,1-2H3. The Balaban J connectivity index is 1.71. The summed E-state index contributed by atoms with van der Waals surface area (Å²) in [7, 11) is 0. The summed E-state index contributed by atoms with van der Waals surface area (Å²) in [5.74, 6) is 2.13. The lowest BCUT2D eigenvalue weighted by molar-refractivity contribution is 0.0542. The number of rotatable bonds is 2. The first kappa shape index (κ1) is 11.0. The Hall–Kier alpha value is -0.0800. The number of nitrogens with zero attached hydrogens (tertiary/aromatic N) is 1. The molecule has 2 bridgehead atoms. The zero-order chi connectivity index (χ0) is 11.1. The van der Waals surface area contributed by atoms with E-state index in [1.54, 1.807) is 6.42 Å². The molecule has 1 heterocycles. The zero-order valence-corrected chi connectivity index (χ0v) is 10.8. The van der Waals surface area contributed by atoms with Crippen LogP contribution in [0.15, 0.2) is 0 Å². The van der Waals surface area contributed by atoms with Crippen LogP contribution in [0.5, 0.6) is 0 Å². The second kappa shape index (κ2) is 4.30. The fourth-order valence-electron chi connectivity index (χ4n) is 4.39. The lowest BCUT2D eigenvalue weighted by atomic mass is 9.91. The highest BCUT2D eigenvalue weighted by Gasteiger charge is 2.44. The third-order valence-electron chi connectivity index (χ3n) is 5.25. The monoisotopic (exact) mass is 222 g/mol. The van der Waals surface area contributed by atoms with Gasteiger partial charge in [0.05, 0.1) is 0 Å². The van der Waals surface area contributed by atoms with E-state index in [4.69, 9.17) is 0 Å². The Labute approximate surface area is 99.8 Å². The first-order valence-corrected chi connectivity index (χ1v) is 7.27. The minimum absolute atomic E-state index is 0.696. The van der Waals surface area contributed by atoms with Gasteiger partial charge in [-0.3, -0.25) is 4.90 Å². The molecule has 16 heavy (non-hydrogen) atoms. The van der Waals surface area contributed by atoms with Gasteiger partial charge in [0.15, 0.2) is 0 Å². The maximum Gasteiger partial charge on any atom is 0.0221 e. The minimum Gasteiger partial charge on any atom is -0.311 e. The number of hydrogen-bond acceptors (Lipinski definition) is 2. The minimum atomic E-state index is 0.696. The van der Waals surface area contributed by atoms with Crippen LogP contribution in [-0.2, 0) is 0 Å². The van der Waals surface area contributed by atoms with Crippen molar-refractivity contribution in [3.63, 3.8) is 0 Å². The highest BCUT2D eigenvalue weighted by molar-refractivity contribution is 4.99. The number of piperazine rings is 1. The molecule has 0 spiro atoms. The Morgan fingerprint density at radius 1 is 1.25 bits per heavy atom. The Kier molecular flexibility index (Phi) is 2.97. The van der Waals surface area contributed by atoms with Crippen LogP contribution >= 0.6 is 0 Å². The van der Waals surface area contributed by atoms with Gasteiger partial charge in [0.25, 0.3) is 0 Å². The molecule has 5 atom stereocenters. The fraction of sp³-hybridized carbons (Fsp3) is 1.00. The topological polar surface area (TPSA) is 15.3 Å². The molecule has 0 amide bonds. The Morgan fingerprint density at radius 3 is 2.75 bits per heavy atom. The first-order valence-electron chi connectivity index (χ1n) is 7.27. The Bertz CT molecular complexity index is 253. The van der Waals surface area contributed by atoms with Crippen molar-refractivity contribution < 1.29 is 0 Å². The van der Waals surface area contributed by atoms with Crippen LogP contribution in [0, 0.1) is 11.8 Å². The second-order valence-electron chi connectivity index (χ2n) is 6.31. The van der Waals surface area contributed by atoms with Gasteiger partial charge in [-0.15, -0.1) is 0 Å². The summed E-state index contributed by atoms with van der Waals surface area (Å²) in [5, 5.41) is 3.64. The maximum atomic E-state index is 3.64. The van der Waals surface area contributed by atoms with Crippen LogP contribution in [0.25, 0.3) is 0 Å². The normalized spacial score (nSPS) is 48.8. The smallest absolute Gasteiger partial charge is 0.0221 e. The van der Waals surface area contributed by atoms with Crippen LogP contribution in [0.1, 0.15) is 46.0 Å². The summed E-state index contributed by atoms with van der Waals surface area (Å²) in [6.45, 7) is 7.19. The van der Waals surface area contributed by atoms with E-state index >= 15 is 0 Å². The van der Waals surface area contributed by atoms with Crippen molar-refractivity contribution >= 4 is 0 Å². The zero-order valence-electron chi connectivity index (χ0n) is 10.8. The molecule has 1 aliphatic heterocycles. The molecule has 92 valence electrons. The molecule has 0 aromatic heterocycles. The summed E-state index contributed by atoms with van der Waals surface area (Å²) in [5.41, 5.74) is 0. The van der Waals surface area contributed by atoms with Crippen molar-refractivity contribution in [2.45, 2.75) is 64.1 Å². The van der Waals surface area contributed by atoms with Crippen LogP contribution in [0.2, 0.25) is 0 Å². The summed E-state index contributed by atoms with van der Waals surface area (Å²) in [4.78, 5) is 2.87. The molecule has 2 aliphatic carbocycles. The van der Waals surface area contributed by atoms with Crippen LogP contribution in [0.4, 0.5) is 0 Å². The van der Waals surface area contributed by atoms with Crippen molar-refractivity contribution in [3.05, 3.63) is 0 Å². The lowest BCUT2D eigenvalue weighted by Crippen LogP contribution is -2.59. The van der Waals surface area contributed by atoms with Crippen LogP contribution in [-0.4, -0.2) is 36.1 Å². The van der Waals surface area contributed by atoms with Gasteiger partial charge >= 0.3 is 0 Å². The van der Waals surface area contributed by atoms with Crippen molar-refractivity contribution in [2.75, 3.05) is 13.1 Å². The molecule has 3 aliphatic rings. The van der Waals surface area contributed by atoms with Crippen molar-refractivity contribution in [2.24, 2.45) is 11.8 Å². The molecule has 2 nitrogen and oxygen atoms in total. The van der Waals surface area contributed by atoms with Crippen molar-refractivity contribution in [1.82, 2.24) is 10.2 Å². The average molecular weight is 222 g/mol. The first-order chi connectivity index (χ1) is 7.78. The molecular weight excluding hydrogens is 196 g/mol. The van der Waals surface area contributed by atoms with Gasteiger partial charge in [-0.25, -0.2) is 0 Å². The van der Waals surface area contributed by atoms with Gasteiger partial charge in [0.1, 0.15) is 0 Å². The Morgan fingerprint density at radius 2 is 2.12 bits per heavy atom. The predicted molar refractivity (Wildman–Crippen MR) is 67.5 cm³/mol. The molecule has 1 N–H and O–H groups in total. The molecule has 0 aromatic carbocycles. The SMILES string of the molecule is CCC1CNC(C)CN1C1CC2CCC1C2. The van der Waals surface area contributed by atoms with E-state index in [1.165, 1.54) is 38.8 Å². The molecule has 2 saturated carbocycles. The van der Waals surface area contributed by atoms with E-state index < -0.39 is 0 Å². The highest BCUT2D eigenvalue weighted by atomic mass is 15.3. The second-order valence-corrected chi connectivity index (χ2v) is 6.31. The van der Waals surface area contributed by atoms with Gasteiger partial charge in [0, 0.05) is 31.2 Å². The van der Waals surface area contributed by atoms with E-state index in [2.05, 4.69) is 24.1 Å². The average Bonchev–Trinajstić information content (AvgIpc) is 2.90. The molecule has 0 aromatic rings. The quantitative estimate of drug-likeness (QED) is 0.771. The van der Waals surface area contributed by atoms with Crippen LogP contribution < -0.4 is 5.32 Å². The van der Waals surface area contributed by atoms with Gasteiger partial charge in [0.2, 0.25) is 0 Å². The summed E-state index contributed by atoms with van der Waals surface area (Å²) in [6, 6.07) is 2.44. The molecular formula is C14H26N2. The van der Waals surface area contributed by atoms with E-state index in [9.17, 15) is 0 Å². The lowest BCUT2D eigenvalue weighted by Gasteiger charge is -2.45. The molecule has 3 fully saturated rings. The highest BCUT2D eigenvalue weighted by Crippen LogP contribution is 2.47. The van der Waals surface area contributed by atoms with Crippen LogP contribution in [0.3, 0.4) is 0 Å². The van der Waals surface area contributed by atoms with E-state index in [0.717, 1.165) is 23.9 Å². The van der Waals surface area contributed by atoms with Crippen molar-refractivity contribution in [3.8, 4) is 0 Å². The van der Waals surface area contributed by atoms with Gasteiger partial charge in [-0.1, -0.05) is 13.3 Å². The third-order valence-corrected chi connectivity index (χ3v) is 5.25. The number of hydrogen-bond donors (Lipinski definition) is 1. The maximum absolute atomic E-state index is 3.64. The third kappa shape index (κ3) is 1.80.